The van der Waals surface area contributed by atoms with E-state index in [1.807, 2.05) is 0 Å². The zero-order chi connectivity index (χ0) is 27.0. The first-order valence-electron chi connectivity index (χ1n) is 11.3. The molecule has 4 heterocycles. The predicted octanol–water partition coefficient (Wildman–Crippen LogP) is 5.37. The Morgan fingerprint density at radius 2 is 1.78 bits per heavy atom. The van der Waals surface area contributed by atoms with E-state index in [2.05, 4.69) is 15.0 Å². The molecule has 4 aromatic heterocycles. The van der Waals surface area contributed by atoms with Crippen LogP contribution in [0.4, 0.5) is 13.2 Å². The van der Waals surface area contributed by atoms with Crippen molar-refractivity contribution in [2.45, 2.75) is 40.7 Å². The lowest BCUT2D eigenvalue weighted by molar-refractivity contribution is 0.100. The van der Waals surface area contributed by atoms with E-state index in [0.717, 1.165) is 10.8 Å². The summed E-state index contributed by atoms with van der Waals surface area (Å²) >= 11 is 0. The zero-order valence-electron chi connectivity index (χ0n) is 20.8. The van der Waals surface area contributed by atoms with Crippen molar-refractivity contribution in [3.63, 3.8) is 0 Å². The summed E-state index contributed by atoms with van der Waals surface area (Å²) in [4.78, 5) is 38.4. The van der Waals surface area contributed by atoms with Crippen LogP contribution in [0.25, 0.3) is 17.1 Å². The number of ether oxygens (including phenoxy) is 1. The Hall–Kier alpha value is -4.34. The lowest BCUT2D eigenvalue weighted by Crippen LogP contribution is -2.29. The molecule has 10 heteroatoms. The van der Waals surface area contributed by atoms with Gasteiger partial charge in [-0.25, -0.2) is 13.2 Å². The molecule has 0 saturated carbocycles. The molecule has 190 valence electrons. The molecule has 0 bridgehead atoms. The van der Waals surface area contributed by atoms with E-state index in [0.29, 0.717) is 11.6 Å². The van der Waals surface area contributed by atoms with Crippen molar-refractivity contribution in [3.05, 3.63) is 98.7 Å². The summed E-state index contributed by atoms with van der Waals surface area (Å²) in [6.45, 7) is 7.25. The number of aromatic nitrogens is 4. The summed E-state index contributed by atoms with van der Waals surface area (Å²) in [6.07, 6.45) is 2.69. The normalized spacial score (nSPS) is 11.9. The van der Waals surface area contributed by atoms with Gasteiger partial charge in [0.15, 0.2) is 17.4 Å². The van der Waals surface area contributed by atoms with Crippen molar-refractivity contribution >= 4 is 5.78 Å². The fourth-order valence-corrected chi connectivity index (χ4v) is 4.19. The van der Waals surface area contributed by atoms with Crippen molar-refractivity contribution in [1.82, 2.24) is 19.5 Å². The van der Waals surface area contributed by atoms with Crippen LogP contribution in [0.2, 0.25) is 0 Å². The molecule has 0 amide bonds. The standard InChI is InChI=1S/C27H23F3N4O3/c1-13-11-32-24(20-8-6-7-9-31-20)22(30)25(13)34-15(3)21(16(4)35)26(14(2)27(34)36)37-17(5)23-19(29)10-18(28)12-33-23/h6-12,17H,1-5H3. The molecular formula is C27H23F3N4O3. The fraction of sp³-hybridized carbons (Fsp3) is 0.222. The SMILES string of the molecule is CC(=O)c1c(OC(C)c2ncc(F)cc2F)c(C)c(=O)n(-c2c(C)cnc(-c3ccccn3)c2F)c1C. The van der Waals surface area contributed by atoms with Crippen LogP contribution in [0.5, 0.6) is 5.75 Å². The van der Waals surface area contributed by atoms with E-state index in [1.165, 1.54) is 40.1 Å². The molecule has 0 fully saturated rings. The van der Waals surface area contributed by atoms with Gasteiger partial charge >= 0.3 is 0 Å². The largest absolute Gasteiger partial charge is 0.483 e. The highest BCUT2D eigenvalue weighted by molar-refractivity contribution is 5.98. The molecular weight excluding hydrogens is 485 g/mol. The minimum atomic E-state index is -1.07. The molecule has 1 unspecified atom stereocenters. The predicted molar refractivity (Wildman–Crippen MR) is 130 cm³/mol. The first-order valence-corrected chi connectivity index (χ1v) is 11.3. The molecule has 37 heavy (non-hydrogen) atoms. The molecule has 0 N–H and O–H groups in total. The Morgan fingerprint density at radius 3 is 2.41 bits per heavy atom. The molecule has 0 aliphatic rings. The molecule has 7 nitrogen and oxygen atoms in total. The number of carbonyl (C=O) groups excluding carboxylic acids is 1. The number of halogens is 3. The lowest BCUT2D eigenvalue weighted by Gasteiger charge is -2.23. The number of hydrogen-bond donors (Lipinski definition) is 0. The minimum Gasteiger partial charge on any atom is -0.483 e. The molecule has 4 rings (SSSR count). The van der Waals surface area contributed by atoms with E-state index in [-0.39, 0.29) is 45.3 Å². The third-order valence-electron chi connectivity index (χ3n) is 5.96. The fourth-order valence-electron chi connectivity index (χ4n) is 4.19. The van der Waals surface area contributed by atoms with Crippen LogP contribution in [0, 0.1) is 38.2 Å². The van der Waals surface area contributed by atoms with Gasteiger partial charge in [0.05, 0.1) is 28.7 Å². The second kappa shape index (κ2) is 9.96. The third kappa shape index (κ3) is 4.62. The number of pyridine rings is 4. The average molecular weight is 509 g/mol. The Labute approximate surface area is 210 Å². The van der Waals surface area contributed by atoms with Gasteiger partial charge in [-0.15, -0.1) is 0 Å². The highest BCUT2D eigenvalue weighted by Crippen LogP contribution is 2.33. The summed E-state index contributed by atoms with van der Waals surface area (Å²) in [7, 11) is 0. The van der Waals surface area contributed by atoms with E-state index in [1.54, 1.807) is 25.1 Å². The number of aryl methyl sites for hydroxylation is 1. The summed E-state index contributed by atoms with van der Waals surface area (Å²) in [5.41, 5.74) is -0.199. The van der Waals surface area contributed by atoms with Gasteiger partial charge in [-0.3, -0.25) is 29.1 Å². The number of nitrogens with zero attached hydrogens (tertiary/aromatic N) is 4. The summed E-state index contributed by atoms with van der Waals surface area (Å²) in [6, 6.07) is 5.62. The number of ketones is 1. The summed E-state index contributed by atoms with van der Waals surface area (Å²) in [5.74, 6) is -3.11. The maximum atomic E-state index is 15.9. The van der Waals surface area contributed by atoms with Crippen LogP contribution in [0.15, 0.2) is 47.7 Å². The first-order chi connectivity index (χ1) is 17.5. The number of Topliss-reactive ketones (excluding diaryl/α,β-unsaturated/α-hetero) is 1. The van der Waals surface area contributed by atoms with Gasteiger partial charge in [0.25, 0.3) is 5.56 Å². The summed E-state index contributed by atoms with van der Waals surface area (Å²) in [5, 5.41) is 0. The second-order valence-corrected chi connectivity index (χ2v) is 8.56. The average Bonchev–Trinajstić information content (AvgIpc) is 2.84. The van der Waals surface area contributed by atoms with Crippen molar-refractivity contribution in [2.24, 2.45) is 0 Å². The van der Waals surface area contributed by atoms with Gasteiger partial charge in [0, 0.05) is 24.2 Å². The van der Waals surface area contributed by atoms with Crippen LogP contribution in [0.1, 0.15) is 52.8 Å². The third-order valence-corrected chi connectivity index (χ3v) is 5.96. The quantitative estimate of drug-likeness (QED) is 0.325. The van der Waals surface area contributed by atoms with Crippen LogP contribution >= 0.6 is 0 Å². The topological polar surface area (TPSA) is 87.0 Å². The Morgan fingerprint density at radius 1 is 1.05 bits per heavy atom. The van der Waals surface area contributed by atoms with Crippen molar-refractivity contribution in [3.8, 4) is 22.8 Å². The van der Waals surface area contributed by atoms with E-state index in [4.69, 9.17) is 4.74 Å². The van der Waals surface area contributed by atoms with Gasteiger partial charge < -0.3 is 4.74 Å². The van der Waals surface area contributed by atoms with Gasteiger partial charge in [-0.05, 0) is 52.3 Å². The Bertz CT molecular complexity index is 1590. The molecule has 1 atom stereocenters. The smallest absolute Gasteiger partial charge is 0.262 e. The van der Waals surface area contributed by atoms with Crippen molar-refractivity contribution < 1.29 is 22.7 Å². The maximum absolute atomic E-state index is 15.9. The molecule has 0 saturated heterocycles. The number of rotatable bonds is 6. The minimum absolute atomic E-state index is 0.000156. The van der Waals surface area contributed by atoms with Crippen LogP contribution in [-0.4, -0.2) is 25.3 Å². The summed E-state index contributed by atoms with van der Waals surface area (Å²) < 4.78 is 50.5. The van der Waals surface area contributed by atoms with Crippen molar-refractivity contribution in [2.75, 3.05) is 0 Å². The highest BCUT2D eigenvalue weighted by Gasteiger charge is 2.28. The Balaban J connectivity index is 1.93. The lowest BCUT2D eigenvalue weighted by atomic mass is 10.0. The number of carbonyl (C=O) groups is 1. The molecule has 0 aromatic carbocycles. The van der Waals surface area contributed by atoms with Gasteiger partial charge in [0.1, 0.15) is 29.1 Å². The van der Waals surface area contributed by atoms with E-state index in [9.17, 15) is 18.4 Å². The van der Waals surface area contributed by atoms with E-state index >= 15 is 4.39 Å². The zero-order valence-corrected chi connectivity index (χ0v) is 20.8. The number of hydrogen-bond acceptors (Lipinski definition) is 6. The van der Waals surface area contributed by atoms with Gasteiger partial charge in [0.2, 0.25) is 0 Å². The van der Waals surface area contributed by atoms with Crippen LogP contribution in [-0.2, 0) is 0 Å². The Kier molecular flexibility index (Phi) is 6.93. The molecule has 0 aliphatic carbocycles. The molecule has 4 aromatic rings. The van der Waals surface area contributed by atoms with Crippen LogP contribution < -0.4 is 10.3 Å². The molecule has 0 aliphatic heterocycles. The molecule has 0 spiro atoms. The van der Waals surface area contributed by atoms with Gasteiger partial charge in [-0.1, -0.05) is 6.07 Å². The highest BCUT2D eigenvalue weighted by atomic mass is 19.1. The van der Waals surface area contributed by atoms with E-state index < -0.39 is 34.9 Å². The van der Waals surface area contributed by atoms with Crippen LogP contribution in [0.3, 0.4) is 0 Å². The first kappa shape index (κ1) is 25.7. The second-order valence-electron chi connectivity index (χ2n) is 8.56. The monoisotopic (exact) mass is 508 g/mol. The van der Waals surface area contributed by atoms with Crippen molar-refractivity contribution in [1.29, 1.82) is 0 Å². The maximum Gasteiger partial charge on any atom is 0.262 e. The van der Waals surface area contributed by atoms with Gasteiger partial charge in [-0.2, -0.15) is 0 Å². The molecule has 0 radical (unpaired) electrons.